The number of nitrogens with two attached hydrogens (primary N) is 1. The summed E-state index contributed by atoms with van der Waals surface area (Å²) in [5.41, 5.74) is 3.54. The maximum Gasteiger partial charge on any atom is 0.268 e. The summed E-state index contributed by atoms with van der Waals surface area (Å²) in [5, 5.41) is 3.34. The van der Waals surface area contributed by atoms with Crippen LogP contribution in [0.2, 0.25) is 0 Å². The van der Waals surface area contributed by atoms with E-state index < -0.39 is 5.91 Å². The Labute approximate surface area is 116 Å². The van der Waals surface area contributed by atoms with Crippen LogP contribution in [0.3, 0.4) is 0 Å². The molecule has 1 aromatic heterocycles. The molecule has 0 saturated heterocycles. The lowest BCUT2D eigenvalue weighted by Gasteiger charge is -2.17. The van der Waals surface area contributed by atoms with Crippen molar-refractivity contribution >= 4 is 11.9 Å². The Balaban J connectivity index is 1.77. The minimum Gasteiger partial charge on any atom is -0.345 e. The van der Waals surface area contributed by atoms with Crippen LogP contribution in [0.1, 0.15) is 28.8 Å². The van der Waals surface area contributed by atoms with Crippen LogP contribution in [0.25, 0.3) is 0 Å². The molecule has 0 radical (unpaired) electrons. The number of benzene rings is 1. The van der Waals surface area contributed by atoms with Gasteiger partial charge in [0.25, 0.3) is 5.91 Å². The Hall–Kier alpha value is -2.47. The smallest absolute Gasteiger partial charge is 0.268 e. The normalized spacial score (nSPS) is 15.4. The largest absolute Gasteiger partial charge is 0.345 e. The molecule has 4 N–H and O–H groups in total. The molecule has 0 unspecified atom stereocenters. The molecule has 2 aromatic rings. The van der Waals surface area contributed by atoms with Gasteiger partial charge in [0.15, 0.2) is 0 Å². The zero-order valence-corrected chi connectivity index (χ0v) is 10.8. The number of carbonyl (C=O) groups excluding carboxylic acids is 1. The fraction of sp³-hybridized carbons (Fsp3) is 0.214. The van der Waals surface area contributed by atoms with Gasteiger partial charge in [-0.15, -0.1) is 0 Å². The lowest BCUT2D eigenvalue weighted by atomic mass is 10.1. The molecular weight excluding hydrogens is 254 g/mol. The third-order valence-corrected chi connectivity index (χ3v) is 3.47. The molecule has 1 fully saturated rings. The maximum absolute atomic E-state index is 11.3. The first-order valence-corrected chi connectivity index (χ1v) is 6.40. The van der Waals surface area contributed by atoms with Crippen LogP contribution in [0.5, 0.6) is 0 Å². The summed E-state index contributed by atoms with van der Waals surface area (Å²) in [6.45, 7) is 0. The van der Waals surface area contributed by atoms with E-state index in [-0.39, 0.29) is 5.54 Å². The molecule has 1 saturated carbocycles. The lowest BCUT2D eigenvalue weighted by Crippen LogP contribution is -2.30. The predicted octanol–water partition coefficient (Wildman–Crippen LogP) is 1.18. The van der Waals surface area contributed by atoms with Crippen molar-refractivity contribution in [1.82, 2.24) is 15.4 Å². The van der Waals surface area contributed by atoms with E-state index in [2.05, 4.69) is 27.4 Å². The molecule has 1 heterocycles. The van der Waals surface area contributed by atoms with Crippen molar-refractivity contribution in [2.75, 3.05) is 5.32 Å². The zero-order valence-electron chi connectivity index (χ0n) is 10.8. The number of nitrogens with one attached hydrogen (secondary N) is 2. The lowest BCUT2D eigenvalue weighted by molar-refractivity contribution is 0.0953. The molecule has 20 heavy (non-hydrogen) atoms. The first-order valence-electron chi connectivity index (χ1n) is 6.40. The van der Waals surface area contributed by atoms with Gasteiger partial charge in [0, 0.05) is 12.4 Å². The number of hydrazine groups is 1. The van der Waals surface area contributed by atoms with Crippen LogP contribution in [-0.2, 0) is 5.54 Å². The molecule has 6 heteroatoms. The average Bonchev–Trinajstić information content (AvgIpc) is 3.29. The first kappa shape index (κ1) is 12.6. The summed E-state index contributed by atoms with van der Waals surface area (Å²) < 4.78 is 0. The fourth-order valence-corrected chi connectivity index (χ4v) is 2.18. The fourth-order valence-electron chi connectivity index (χ4n) is 2.18. The van der Waals surface area contributed by atoms with Crippen molar-refractivity contribution in [1.29, 1.82) is 0 Å². The second-order valence-electron chi connectivity index (χ2n) is 4.84. The van der Waals surface area contributed by atoms with Gasteiger partial charge >= 0.3 is 0 Å². The quantitative estimate of drug-likeness (QED) is 0.440. The van der Waals surface area contributed by atoms with Crippen molar-refractivity contribution in [3.8, 4) is 0 Å². The van der Waals surface area contributed by atoms with Gasteiger partial charge in [-0.1, -0.05) is 30.3 Å². The second-order valence-corrected chi connectivity index (χ2v) is 4.84. The molecule has 1 aliphatic carbocycles. The number of anilines is 1. The highest BCUT2D eigenvalue weighted by Crippen LogP contribution is 2.47. The van der Waals surface area contributed by atoms with E-state index in [1.807, 2.05) is 23.6 Å². The molecule has 102 valence electrons. The van der Waals surface area contributed by atoms with Crippen molar-refractivity contribution in [2.45, 2.75) is 18.4 Å². The van der Waals surface area contributed by atoms with Gasteiger partial charge in [-0.3, -0.25) is 10.2 Å². The summed E-state index contributed by atoms with van der Waals surface area (Å²) in [6.07, 6.45) is 5.01. The minimum atomic E-state index is -0.402. The van der Waals surface area contributed by atoms with Crippen LogP contribution < -0.4 is 16.6 Å². The number of hydrogen-bond donors (Lipinski definition) is 3. The standard InChI is InChI=1S/C14H15N5O/c15-19-12(20)10-8-16-13(17-9-10)18-14(6-7-14)11-4-2-1-3-5-11/h1-5,8-9H,6-7,15H2,(H,19,20)(H,16,17,18). The van der Waals surface area contributed by atoms with Gasteiger partial charge in [-0.2, -0.15) is 0 Å². The van der Waals surface area contributed by atoms with E-state index >= 15 is 0 Å². The van der Waals surface area contributed by atoms with Crippen LogP contribution in [0, 0.1) is 0 Å². The van der Waals surface area contributed by atoms with Gasteiger partial charge in [-0.25, -0.2) is 15.8 Å². The topological polar surface area (TPSA) is 92.9 Å². The SMILES string of the molecule is NNC(=O)c1cnc(NC2(c3ccccc3)CC2)nc1. The molecule has 1 amide bonds. The number of rotatable bonds is 4. The van der Waals surface area contributed by atoms with E-state index in [9.17, 15) is 4.79 Å². The highest BCUT2D eigenvalue weighted by molar-refractivity contribution is 5.93. The molecular formula is C14H15N5O. The molecule has 6 nitrogen and oxygen atoms in total. The predicted molar refractivity (Wildman–Crippen MR) is 74.7 cm³/mol. The Bertz CT molecular complexity index is 607. The van der Waals surface area contributed by atoms with E-state index in [4.69, 9.17) is 5.84 Å². The van der Waals surface area contributed by atoms with E-state index in [0.29, 0.717) is 11.5 Å². The van der Waals surface area contributed by atoms with Crippen molar-refractivity contribution in [3.05, 3.63) is 53.9 Å². The Morgan fingerprint density at radius 1 is 1.15 bits per heavy atom. The third-order valence-electron chi connectivity index (χ3n) is 3.47. The summed E-state index contributed by atoms with van der Waals surface area (Å²) in [7, 11) is 0. The average molecular weight is 269 g/mol. The number of hydrogen-bond acceptors (Lipinski definition) is 5. The monoisotopic (exact) mass is 269 g/mol. The van der Waals surface area contributed by atoms with Crippen LogP contribution in [0.4, 0.5) is 5.95 Å². The number of amides is 1. The first-order chi connectivity index (χ1) is 9.73. The van der Waals surface area contributed by atoms with Crippen LogP contribution in [0.15, 0.2) is 42.7 Å². The van der Waals surface area contributed by atoms with Gasteiger partial charge in [-0.05, 0) is 18.4 Å². The number of nitrogens with zero attached hydrogens (tertiary/aromatic N) is 2. The molecule has 3 rings (SSSR count). The maximum atomic E-state index is 11.3. The van der Waals surface area contributed by atoms with Gasteiger partial charge in [0.1, 0.15) is 0 Å². The summed E-state index contributed by atoms with van der Waals surface area (Å²) in [5.74, 6) is 5.17. The van der Waals surface area contributed by atoms with Crippen molar-refractivity contribution in [3.63, 3.8) is 0 Å². The molecule has 0 spiro atoms. The summed E-state index contributed by atoms with van der Waals surface area (Å²) in [6, 6.07) is 10.2. The highest BCUT2D eigenvalue weighted by Gasteiger charge is 2.44. The Kier molecular flexibility index (Phi) is 3.08. The Morgan fingerprint density at radius 2 is 1.80 bits per heavy atom. The molecule has 1 aromatic carbocycles. The Morgan fingerprint density at radius 3 is 2.35 bits per heavy atom. The van der Waals surface area contributed by atoms with Gasteiger partial charge in [0.05, 0.1) is 11.1 Å². The molecule has 1 aliphatic rings. The summed E-state index contributed by atoms with van der Waals surface area (Å²) >= 11 is 0. The highest BCUT2D eigenvalue weighted by atomic mass is 16.2. The van der Waals surface area contributed by atoms with Crippen molar-refractivity contribution in [2.24, 2.45) is 5.84 Å². The van der Waals surface area contributed by atoms with Crippen LogP contribution >= 0.6 is 0 Å². The molecule has 0 atom stereocenters. The second kappa shape index (κ2) is 4.90. The zero-order chi connectivity index (χ0) is 14.0. The number of carbonyl (C=O) groups is 1. The number of nitrogen functional groups attached to an aromatic ring is 1. The third kappa shape index (κ3) is 2.33. The van der Waals surface area contributed by atoms with E-state index in [0.717, 1.165) is 12.8 Å². The van der Waals surface area contributed by atoms with E-state index in [1.54, 1.807) is 0 Å². The summed E-state index contributed by atoms with van der Waals surface area (Å²) in [4.78, 5) is 19.6. The molecule has 0 aliphatic heterocycles. The number of aromatic nitrogens is 2. The molecule has 0 bridgehead atoms. The van der Waals surface area contributed by atoms with Crippen molar-refractivity contribution < 1.29 is 4.79 Å². The minimum absolute atomic E-state index is 0.0705. The van der Waals surface area contributed by atoms with Gasteiger partial charge < -0.3 is 5.32 Å². The van der Waals surface area contributed by atoms with Gasteiger partial charge in [0.2, 0.25) is 5.95 Å². The van der Waals surface area contributed by atoms with Crippen LogP contribution in [-0.4, -0.2) is 15.9 Å². The van der Waals surface area contributed by atoms with E-state index in [1.165, 1.54) is 18.0 Å².